The molecule has 8 bridgehead atoms. The Bertz CT molecular complexity index is 874. The predicted octanol–water partition coefficient (Wildman–Crippen LogP) is 6.04. The minimum absolute atomic E-state index is 0.189. The summed E-state index contributed by atoms with van der Waals surface area (Å²) in [6.07, 6.45) is 17.5. The molecule has 9 rings (SSSR count). The van der Waals surface area contributed by atoms with Crippen LogP contribution in [-0.4, -0.2) is 45.1 Å². The topological polar surface area (TPSA) is 55.7 Å². The first kappa shape index (κ1) is 25.1. The smallest absolute Gasteiger partial charge is 0.0687 e. The van der Waals surface area contributed by atoms with E-state index in [0.29, 0.717) is 6.42 Å². The number of benzene rings is 1. The number of hydrogen-bond acceptors (Lipinski definition) is 4. The zero-order chi connectivity index (χ0) is 25.2. The number of rotatable bonds is 10. The summed E-state index contributed by atoms with van der Waals surface area (Å²) in [4.78, 5) is 0. The van der Waals surface area contributed by atoms with Gasteiger partial charge in [-0.25, -0.2) is 10.4 Å². The third-order valence-corrected chi connectivity index (χ3v) is 11.8. The van der Waals surface area contributed by atoms with Crippen molar-refractivity contribution in [1.29, 1.82) is 0 Å². The second-order valence-electron chi connectivity index (χ2n) is 15.1. The number of hydrazine groups is 1. The van der Waals surface area contributed by atoms with Crippen LogP contribution in [0.1, 0.15) is 108 Å². The Balaban J connectivity index is 1.14. The largest absolute Gasteiger partial charge is 0.393 e. The fraction of sp³-hybridized carbons (Fsp3) is 0.818. The second-order valence-corrected chi connectivity index (χ2v) is 15.1. The van der Waals surface area contributed by atoms with Crippen molar-refractivity contribution in [3.8, 4) is 0 Å². The van der Waals surface area contributed by atoms with Crippen molar-refractivity contribution in [2.45, 2.75) is 126 Å². The molecule has 3 unspecified atom stereocenters. The summed E-state index contributed by atoms with van der Waals surface area (Å²) in [5, 5.41) is 24.7. The van der Waals surface area contributed by atoms with E-state index in [2.05, 4.69) is 40.8 Å². The van der Waals surface area contributed by atoms with Gasteiger partial charge < -0.3 is 10.2 Å². The highest BCUT2D eigenvalue weighted by atomic mass is 16.3. The van der Waals surface area contributed by atoms with E-state index in [9.17, 15) is 10.2 Å². The highest BCUT2D eigenvalue weighted by molar-refractivity contribution is 5.20. The number of hydrogen-bond donors (Lipinski definition) is 3. The van der Waals surface area contributed by atoms with E-state index in [0.717, 1.165) is 48.5 Å². The summed E-state index contributed by atoms with van der Waals surface area (Å²) in [5.74, 6) is 5.67. The highest BCUT2D eigenvalue weighted by Gasteiger charge is 2.57. The van der Waals surface area contributed by atoms with Gasteiger partial charge in [0, 0.05) is 17.6 Å². The van der Waals surface area contributed by atoms with Crippen LogP contribution in [0.25, 0.3) is 0 Å². The number of β-amino-alcohol motifs (C(OH)–C–C–N with tert-alkyl or cyclic N) is 1. The first-order chi connectivity index (χ1) is 17.9. The molecule has 0 saturated heterocycles. The lowest BCUT2D eigenvalue weighted by Crippen LogP contribution is -2.71. The van der Waals surface area contributed by atoms with E-state index in [1.807, 2.05) is 6.92 Å². The van der Waals surface area contributed by atoms with Crippen molar-refractivity contribution in [1.82, 2.24) is 10.4 Å². The predicted molar refractivity (Wildman–Crippen MR) is 148 cm³/mol. The van der Waals surface area contributed by atoms with Crippen LogP contribution in [-0.2, 0) is 0 Å². The monoisotopic (exact) mass is 506 g/mol. The number of nitrogens with zero attached hydrogens (tertiary/aromatic N) is 1. The van der Waals surface area contributed by atoms with Crippen LogP contribution in [0, 0.1) is 35.5 Å². The summed E-state index contributed by atoms with van der Waals surface area (Å²) in [6, 6.07) is 10.6. The van der Waals surface area contributed by atoms with E-state index < -0.39 is 6.10 Å². The van der Waals surface area contributed by atoms with Crippen LogP contribution < -0.4 is 5.43 Å². The van der Waals surface area contributed by atoms with Gasteiger partial charge in [-0.3, -0.25) is 0 Å². The van der Waals surface area contributed by atoms with Gasteiger partial charge in [-0.1, -0.05) is 30.3 Å². The SMILES string of the molecule is CC(O)CC(CC(O)CN(NC12CC3CC(CC(C3)C1)C2)C12CC3CC(CC(C3)C1)C2)c1ccccc1. The number of nitrogens with one attached hydrogen (secondary N) is 1. The van der Waals surface area contributed by atoms with E-state index >= 15 is 0 Å². The molecule has 204 valence electrons. The zero-order valence-corrected chi connectivity index (χ0v) is 23.0. The van der Waals surface area contributed by atoms with Gasteiger partial charge in [-0.15, -0.1) is 0 Å². The van der Waals surface area contributed by atoms with Crippen LogP contribution in [0.5, 0.6) is 0 Å². The fourth-order valence-electron chi connectivity index (χ4n) is 11.4. The van der Waals surface area contributed by atoms with Crippen LogP contribution in [0.4, 0.5) is 0 Å². The fourth-order valence-corrected chi connectivity index (χ4v) is 11.4. The first-order valence-electron chi connectivity index (χ1n) is 15.8. The molecular formula is C33H50N2O2. The van der Waals surface area contributed by atoms with Crippen molar-refractivity contribution in [2.24, 2.45) is 35.5 Å². The quantitative estimate of drug-likeness (QED) is 0.339. The maximum atomic E-state index is 11.7. The van der Waals surface area contributed by atoms with Gasteiger partial charge in [0.05, 0.1) is 12.2 Å². The maximum Gasteiger partial charge on any atom is 0.0687 e. The van der Waals surface area contributed by atoms with Crippen LogP contribution >= 0.6 is 0 Å². The second kappa shape index (κ2) is 9.61. The van der Waals surface area contributed by atoms with Crippen LogP contribution in [0.15, 0.2) is 30.3 Å². The molecule has 4 nitrogen and oxygen atoms in total. The first-order valence-corrected chi connectivity index (χ1v) is 15.8. The molecule has 4 heteroatoms. The van der Waals surface area contributed by atoms with Gasteiger partial charge in [-0.05, 0) is 144 Å². The average Bonchev–Trinajstić information content (AvgIpc) is 2.82. The molecule has 0 amide bonds. The van der Waals surface area contributed by atoms with Gasteiger partial charge in [0.2, 0.25) is 0 Å². The Labute approximate surface area is 224 Å². The molecule has 37 heavy (non-hydrogen) atoms. The summed E-state index contributed by atoms with van der Waals surface area (Å²) in [5.41, 5.74) is 6.09. The lowest BCUT2D eigenvalue weighted by atomic mass is 9.52. The molecule has 0 aromatic heterocycles. The molecule has 0 aliphatic heterocycles. The molecule has 0 radical (unpaired) electrons. The third-order valence-electron chi connectivity index (χ3n) is 11.8. The van der Waals surface area contributed by atoms with E-state index in [4.69, 9.17) is 0 Å². The number of aliphatic hydroxyl groups excluding tert-OH is 2. The average molecular weight is 507 g/mol. The Hall–Kier alpha value is -0.940. The Morgan fingerprint density at radius 1 is 0.757 bits per heavy atom. The summed E-state index contributed by atoms with van der Waals surface area (Å²) in [6.45, 7) is 2.62. The molecule has 1 aromatic rings. The summed E-state index contributed by atoms with van der Waals surface area (Å²) < 4.78 is 0. The van der Waals surface area contributed by atoms with Gasteiger partial charge >= 0.3 is 0 Å². The molecule has 3 N–H and O–H groups in total. The third kappa shape index (κ3) is 4.94. The van der Waals surface area contributed by atoms with Crippen molar-refractivity contribution in [2.75, 3.05) is 6.54 Å². The Morgan fingerprint density at radius 3 is 1.73 bits per heavy atom. The van der Waals surface area contributed by atoms with E-state index in [-0.39, 0.29) is 23.1 Å². The molecule has 3 atom stereocenters. The van der Waals surface area contributed by atoms with Gasteiger partial charge in [0.1, 0.15) is 0 Å². The molecule has 8 saturated carbocycles. The standard InChI is InChI=1S/C33H50N2O2/c1-22(36)7-30(29-5-3-2-4-6-29)14-31(37)21-35(33-18-26-11-27(19-33)13-28(12-26)20-33)34-32-15-23-8-24(16-32)10-25(9-23)17-32/h2-6,22-28,30-31,34,36-37H,7-21H2,1H3. The van der Waals surface area contributed by atoms with Crippen molar-refractivity contribution < 1.29 is 10.2 Å². The molecular weight excluding hydrogens is 456 g/mol. The molecule has 0 heterocycles. The molecule has 8 aliphatic carbocycles. The lowest BCUT2D eigenvalue weighted by Gasteiger charge is -2.64. The van der Waals surface area contributed by atoms with Crippen LogP contribution in [0.3, 0.4) is 0 Å². The highest BCUT2D eigenvalue weighted by Crippen LogP contribution is 2.59. The van der Waals surface area contributed by atoms with Gasteiger partial charge in [0.25, 0.3) is 0 Å². The number of aliphatic hydroxyl groups is 2. The van der Waals surface area contributed by atoms with Gasteiger partial charge in [-0.2, -0.15) is 0 Å². The maximum absolute atomic E-state index is 11.7. The van der Waals surface area contributed by atoms with Crippen molar-refractivity contribution in [3.63, 3.8) is 0 Å². The summed E-state index contributed by atoms with van der Waals surface area (Å²) >= 11 is 0. The lowest BCUT2D eigenvalue weighted by molar-refractivity contribution is -0.155. The van der Waals surface area contributed by atoms with Crippen molar-refractivity contribution in [3.05, 3.63) is 35.9 Å². The van der Waals surface area contributed by atoms with Crippen LogP contribution in [0.2, 0.25) is 0 Å². The Morgan fingerprint density at radius 2 is 1.24 bits per heavy atom. The van der Waals surface area contributed by atoms with E-state index in [1.165, 1.54) is 82.6 Å². The normalized spacial score (nSPS) is 43.9. The van der Waals surface area contributed by atoms with E-state index in [1.54, 1.807) is 0 Å². The Kier molecular flexibility index (Phi) is 6.51. The molecule has 8 aliphatic rings. The molecule has 0 spiro atoms. The molecule has 8 fully saturated rings. The zero-order valence-electron chi connectivity index (χ0n) is 23.0. The summed E-state index contributed by atoms with van der Waals surface area (Å²) in [7, 11) is 0. The minimum Gasteiger partial charge on any atom is -0.393 e. The van der Waals surface area contributed by atoms with Gasteiger partial charge in [0.15, 0.2) is 0 Å². The van der Waals surface area contributed by atoms with Crippen molar-refractivity contribution >= 4 is 0 Å². The minimum atomic E-state index is -0.390. The molecule has 1 aromatic carbocycles.